The Labute approximate surface area is 214 Å². The van der Waals surface area contributed by atoms with Gasteiger partial charge in [0.05, 0.1) is 24.0 Å². The van der Waals surface area contributed by atoms with Gasteiger partial charge in [-0.25, -0.2) is 0 Å². The minimum atomic E-state index is -1.07. The number of hydrogen-bond acceptors (Lipinski definition) is 5. The van der Waals surface area contributed by atoms with Gasteiger partial charge in [-0.1, -0.05) is 39.0 Å². The molecule has 0 aromatic carbocycles. The van der Waals surface area contributed by atoms with Crippen molar-refractivity contribution in [3.05, 3.63) is 23.8 Å². The Morgan fingerprint density at radius 1 is 1.22 bits per heavy atom. The van der Waals surface area contributed by atoms with E-state index in [0.29, 0.717) is 25.2 Å². The van der Waals surface area contributed by atoms with E-state index in [1.807, 2.05) is 20.8 Å². The van der Waals surface area contributed by atoms with Crippen LogP contribution in [0.1, 0.15) is 73.1 Å². The molecule has 0 saturated carbocycles. The van der Waals surface area contributed by atoms with Crippen LogP contribution in [0.15, 0.2) is 23.8 Å². The van der Waals surface area contributed by atoms with Crippen LogP contribution >= 0.6 is 0 Å². The molecule has 0 heterocycles. The summed E-state index contributed by atoms with van der Waals surface area (Å²) in [6.07, 6.45) is 6.98. The van der Waals surface area contributed by atoms with E-state index in [0.717, 1.165) is 6.42 Å². The van der Waals surface area contributed by atoms with Gasteiger partial charge in [-0.05, 0) is 69.3 Å². The predicted octanol–water partition coefficient (Wildman–Crippen LogP) is 1.11. The fraction of sp³-hybridized carbons (Fsp3) is 0.760. The number of carbonyl (C=O) groups is 2. The summed E-state index contributed by atoms with van der Waals surface area (Å²) in [6.45, 7) is 10.1. The molecule has 2 rings (SSSR count). The van der Waals surface area contributed by atoms with Gasteiger partial charge in [0, 0.05) is 5.92 Å². The maximum Gasteiger partial charge on any atom is 1.00 e. The van der Waals surface area contributed by atoms with Crippen LogP contribution < -0.4 is 29.6 Å². The molecular formula is C25H40NaO6+. The summed E-state index contributed by atoms with van der Waals surface area (Å²) in [5, 5.41) is 29.0. The molecular weight excluding hydrogens is 419 g/mol. The third kappa shape index (κ3) is 7.98. The van der Waals surface area contributed by atoms with Gasteiger partial charge in [0.1, 0.15) is 6.10 Å². The van der Waals surface area contributed by atoms with Crippen molar-refractivity contribution in [3.8, 4) is 0 Å². The van der Waals surface area contributed by atoms with Crippen molar-refractivity contribution in [2.24, 2.45) is 29.1 Å². The van der Waals surface area contributed by atoms with E-state index < -0.39 is 23.6 Å². The van der Waals surface area contributed by atoms with Crippen molar-refractivity contribution < 1.29 is 59.2 Å². The molecule has 0 spiro atoms. The molecule has 0 fully saturated rings. The molecule has 0 aromatic heterocycles. The van der Waals surface area contributed by atoms with Crippen molar-refractivity contribution in [3.63, 3.8) is 0 Å². The van der Waals surface area contributed by atoms with Gasteiger partial charge in [0.25, 0.3) is 0 Å². The van der Waals surface area contributed by atoms with Crippen LogP contribution in [0.25, 0.3) is 0 Å². The molecule has 0 aromatic rings. The van der Waals surface area contributed by atoms with E-state index in [4.69, 9.17) is 9.84 Å². The summed E-state index contributed by atoms with van der Waals surface area (Å²) >= 11 is 0. The molecule has 1 unspecified atom stereocenters. The van der Waals surface area contributed by atoms with Crippen LogP contribution in [0, 0.1) is 29.1 Å². The molecule has 2 aliphatic carbocycles. The van der Waals surface area contributed by atoms with Gasteiger partial charge in [0.15, 0.2) is 0 Å². The third-order valence-corrected chi connectivity index (χ3v) is 7.08. The van der Waals surface area contributed by atoms with E-state index in [2.05, 4.69) is 32.1 Å². The van der Waals surface area contributed by atoms with Crippen molar-refractivity contribution in [1.82, 2.24) is 0 Å². The Hall–Kier alpha value is -0.660. The van der Waals surface area contributed by atoms with Gasteiger partial charge in [0.2, 0.25) is 0 Å². The number of carbonyl (C=O) groups excluding carboxylic acids is 1. The first-order valence-electron chi connectivity index (χ1n) is 11.6. The second-order valence-electron chi connectivity index (χ2n) is 10.2. The van der Waals surface area contributed by atoms with Gasteiger partial charge in [-0.2, -0.15) is 0 Å². The number of carboxylic acid groups (broad SMARTS) is 1. The number of carboxylic acids is 1. The summed E-state index contributed by atoms with van der Waals surface area (Å²) in [6, 6.07) is 0. The molecule has 32 heavy (non-hydrogen) atoms. The van der Waals surface area contributed by atoms with Gasteiger partial charge in [-0.3, -0.25) is 9.59 Å². The first kappa shape index (κ1) is 29.4. The van der Waals surface area contributed by atoms with Gasteiger partial charge in [-0.15, -0.1) is 0 Å². The normalized spacial score (nSPS) is 29.2. The fourth-order valence-electron chi connectivity index (χ4n) is 4.76. The monoisotopic (exact) mass is 459 g/mol. The zero-order valence-electron chi connectivity index (χ0n) is 20.6. The van der Waals surface area contributed by atoms with E-state index in [1.54, 1.807) is 0 Å². The Morgan fingerprint density at radius 3 is 2.47 bits per heavy atom. The van der Waals surface area contributed by atoms with Crippen LogP contribution in [0.2, 0.25) is 0 Å². The summed E-state index contributed by atoms with van der Waals surface area (Å²) in [7, 11) is 0. The maximum absolute atomic E-state index is 12.8. The molecule has 3 N–H and O–H groups in total. The first-order chi connectivity index (χ1) is 14.4. The maximum atomic E-state index is 12.8. The number of allylic oxidation sites excluding steroid dienone is 3. The standard InChI is InChI=1S/C25H40O6.Na/c1-6-25(4,5)24(30)31-21-12-15(2)11-17-8-7-16(3)20(23(17)21)10-9-18(26)13-19(27)14-22(28)29;/h7-8,11,15-16,18-21,23,26-27H,6,9-10,12-14H2,1-5H3,(H,28,29);/q;+1/t15-,16-,18?,19+,20-,21-,23-;/m0./s1. The van der Waals surface area contributed by atoms with E-state index in [-0.39, 0.29) is 72.2 Å². The molecule has 7 heteroatoms. The zero-order chi connectivity index (χ0) is 23.3. The van der Waals surface area contributed by atoms with Crippen LogP contribution in [0.5, 0.6) is 0 Å². The molecule has 2 aliphatic rings. The second-order valence-corrected chi connectivity index (χ2v) is 10.2. The number of aliphatic hydroxyl groups excluding tert-OH is 2. The Morgan fingerprint density at radius 2 is 1.88 bits per heavy atom. The number of rotatable bonds is 10. The predicted molar refractivity (Wildman–Crippen MR) is 119 cm³/mol. The molecule has 6 nitrogen and oxygen atoms in total. The summed E-state index contributed by atoms with van der Waals surface area (Å²) in [4.78, 5) is 23.6. The summed E-state index contributed by atoms with van der Waals surface area (Å²) in [5.41, 5.74) is 0.682. The Bertz CT molecular complexity index is 701. The molecule has 7 atom stereocenters. The van der Waals surface area contributed by atoms with Gasteiger partial charge >= 0.3 is 41.5 Å². The third-order valence-electron chi connectivity index (χ3n) is 7.08. The number of esters is 1. The van der Waals surface area contributed by atoms with Crippen LogP contribution in [0.3, 0.4) is 0 Å². The number of hydrogen-bond donors (Lipinski definition) is 3. The van der Waals surface area contributed by atoms with Crippen LogP contribution in [-0.4, -0.2) is 45.6 Å². The zero-order valence-corrected chi connectivity index (χ0v) is 22.6. The van der Waals surface area contributed by atoms with Crippen molar-refractivity contribution in [1.29, 1.82) is 0 Å². The Kier molecular flexibility index (Phi) is 11.7. The van der Waals surface area contributed by atoms with E-state index in [1.165, 1.54) is 5.57 Å². The fourth-order valence-corrected chi connectivity index (χ4v) is 4.76. The quantitative estimate of drug-likeness (QED) is 0.334. The molecule has 0 saturated heterocycles. The molecule has 0 aliphatic heterocycles. The molecule has 0 radical (unpaired) electrons. The minimum absolute atomic E-state index is 0. The number of fused-ring (bicyclic) bond motifs is 1. The van der Waals surface area contributed by atoms with E-state index in [9.17, 15) is 19.8 Å². The average molecular weight is 460 g/mol. The topological polar surface area (TPSA) is 104 Å². The van der Waals surface area contributed by atoms with Crippen molar-refractivity contribution in [2.75, 3.05) is 0 Å². The number of aliphatic carboxylic acids is 1. The first-order valence-corrected chi connectivity index (χ1v) is 11.6. The Balaban J connectivity index is 0.00000512. The van der Waals surface area contributed by atoms with Crippen LogP contribution in [-0.2, 0) is 14.3 Å². The van der Waals surface area contributed by atoms with Crippen LogP contribution in [0.4, 0.5) is 0 Å². The van der Waals surface area contributed by atoms with Gasteiger partial charge < -0.3 is 20.1 Å². The largest absolute Gasteiger partial charge is 1.00 e. The molecule has 0 bridgehead atoms. The number of ether oxygens (including phenoxy) is 1. The summed E-state index contributed by atoms with van der Waals surface area (Å²) in [5.74, 6) is -0.347. The number of aliphatic hydroxyl groups is 2. The smallest absolute Gasteiger partial charge is 0.481 e. The minimum Gasteiger partial charge on any atom is -0.481 e. The molecule has 0 amide bonds. The van der Waals surface area contributed by atoms with E-state index >= 15 is 0 Å². The summed E-state index contributed by atoms with van der Waals surface area (Å²) < 4.78 is 6.10. The molecule has 176 valence electrons. The SMILES string of the molecule is CCC(C)(C)C(=O)O[C@H]1C[C@@H](C)C=C2C=C[C@H](C)[C@H](CCC(O)C[C@@H](O)CC(=O)O)[C@H]21.[Na+]. The average Bonchev–Trinajstić information content (AvgIpc) is 2.66. The van der Waals surface area contributed by atoms with Crippen molar-refractivity contribution >= 4 is 11.9 Å². The second kappa shape index (κ2) is 12.7. The van der Waals surface area contributed by atoms with Crippen molar-refractivity contribution in [2.45, 2.75) is 91.5 Å².